The van der Waals surface area contributed by atoms with Crippen LogP contribution in [0.3, 0.4) is 0 Å². The van der Waals surface area contributed by atoms with E-state index in [1.54, 1.807) is 0 Å². The van der Waals surface area contributed by atoms with E-state index in [0.717, 1.165) is 58.0 Å². The van der Waals surface area contributed by atoms with Gasteiger partial charge in [0.1, 0.15) is 0 Å². The molecule has 0 aromatic heterocycles. The molecule has 0 radical (unpaired) electrons. The van der Waals surface area contributed by atoms with Crippen molar-refractivity contribution in [2.45, 2.75) is 38.6 Å². The lowest BCUT2D eigenvalue weighted by atomic mass is 9.96. The summed E-state index contributed by atoms with van der Waals surface area (Å²) in [6, 6.07) is 0.347. The molecule has 1 aliphatic rings. The highest BCUT2D eigenvalue weighted by atomic mass is 31.0. The third-order valence-electron chi connectivity index (χ3n) is 3.75. The Hall–Kier alpha value is -0.180. The fourth-order valence-corrected chi connectivity index (χ4v) is 2.95. The Morgan fingerprint density at radius 3 is 2.94 bits per heavy atom. The lowest BCUT2D eigenvalue weighted by Crippen LogP contribution is -2.55. The zero-order valence-electron chi connectivity index (χ0n) is 11.5. The number of rotatable bonds is 7. The highest BCUT2D eigenvalue weighted by Gasteiger charge is 2.29. The quantitative estimate of drug-likeness (QED) is 0.533. The van der Waals surface area contributed by atoms with Crippen LogP contribution in [0.2, 0.25) is 0 Å². The van der Waals surface area contributed by atoms with Crippen LogP contribution in [0.4, 0.5) is 0 Å². The van der Waals surface area contributed by atoms with E-state index >= 15 is 0 Å². The van der Waals surface area contributed by atoms with Crippen LogP contribution in [-0.4, -0.2) is 49.2 Å². The molecule has 18 heavy (non-hydrogen) atoms. The van der Waals surface area contributed by atoms with Crippen LogP contribution >= 0.6 is 9.24 Å². The van der Waals surface area contributed by atoms with E-state index in [4.69, 9.17) is 5.73 Å². The highest BCUT2D eigenvalue weighted by molar-refractivity contribution is 7.16. The zero-order chi connectivity index (χ0) is 13.4. The van der Waals surface area contributed by atoms with E-state index in [1.165, 1.54) is 0 Å². The minimum absolute atomic E-state index is 0.189. The first kappa shape index (κ1) is 15.9. The summed E-state index contributed by atoms with van der Waals surface area (Å²) in [7, 11) is 2.76. The Bertz CT molecular complexity index is 250. The first-order valence-electron chi connectivity index (χ1n) is 7.15. The average Bonchev–Trinajstić information content (AvgIpc) is 2.43. The van der Waals surface area contributed by atoms with Crippen molar-refractivity contribution in [2.24, 2.45) is 11.7 Å². The molecule has 0 spiro atoms. The highest BCUT2D eigenvalue weighted by Crippen LogP contribution is 2.19. The largest absolute Gasteiger partial charge is 0.337 e. The maximum atomic E-state index is 12.6. The number of nitrogens with zero attached hydrogens (tertiary/aromatic N) is 1. The molecule has 0 aromatic rings. The van der Waals surface area contributed by atoms with Gasteiger partial charge in [0.15, 0.2) is 0 Å². The molecule has 1 rings (SSSR count). The van der Waals surface area contributed by atoms with Gasteiger partial charge >= 0.3 is 0 Å². The summed E-state index contributed by atoms with van der Waals surface area (Å²) in [6.07, 6.45) is 4.98. The predicted octanol–water partition coefficient (Wildman–Crippen LogP) is 0.817. The average molecular weight is 273 g/mol. The van der Waals surface area contributed by atoms with Crippen molar-refractivity contribution in [1.29, 1.82) is 0 Å². The lowest BCUT2D eigenvalue weighted by Gasteiger charge is -2.37. The van der Waals surface area contributed by atoms with Gasteiger partial charge in [-0.15, -0.1) is 9.24 Å². The number of nitrogens with one attached hydrogen (secondary N) is 1. The molecule has 5 heteroatoms. The SMILES string of the molecule is CC[C@H](CCCCN)C(=O)N1CCNC[C@H]1CP. The fourth-order valence-electron chi connectivity index (χ4n) is 2.53. The van der Waals surface area contributed by atoms with Crippen LogP contribution in [0.25, 0.3) is 0 Å². The summed E-state index contributed by atoms with van der Waals surface area (Å²) in [5.41, 5.74) is 5.51. The molecule has 106 valence electrons. The molecule has 0 aromatic carbocycles. The first-order chi connectivity index (χ1) is 8.74. The van der Waals surface area contributed by atoms with E-state index in [2.05, 4.69) is 26.4 Å². The van der Waals surface area contributed by atoms with E-state index in [-0.39, 0.29) is 5.92 Å². The number of piperazine rings is 1. The van der Waals surface area contributed by atoms with Crippen LogP contribution < -0.4 is 11.1 Å². The maximum absolute atomic E-state index is 12.6. The monoisotopic (exact) mass is 273 g/mol. The van der Waals surface area contributed by atoms with Crippen LogP contribution in [0.15, 0.2) is 0 Å². The molecule has 1 unspecified atom stereocenters. The summed E-state index contributed by atoms with van der Waals surface area (Å²) < 4.78 is 0. The van der Waals surface area contributed by atoms with Crippen LogP contribution in [-0.2, 0) is 4.79 Å². The summed E-state index contributed by atoms with van der Waals surface area (Å²) in [5, 5.41) is 3.36. The Morgan fingerprint density at radius 2 is 2.33 bits per heavy atom. The molecule has 1 amide bonds. The number of amides is 1. The molecular formula is C13H28N3OP. The second-order valence-electron chi connectivity index (χ2n) is 5.01. The summed E-state index contributed by atoms with van der Waals surface area (Å²) in [6.45, 7) is 5.54. The molecule has 0 saturated carbocycles. The maximum Gasteiger partial charge on any atom is 0.226 e. The molecule has 1 heterocycles. The van der Waals surface area contributed by atoms with Gasteiger partial charge in [-0.25, -0.2) is 0 Å². The lowest BCUT2D eigenvalue weighted by molar-refractivity contribution is -0.138. The number of nitrogens with two attached hydrogens (primary N) is 1. The van der Waals surface area contributed by atoms with Gasteiger partial charge in [-0.3, -0.25) is 4.79 Å². The molecule has 3 N–H and O–H groups in total. The zero-order valence-corrected chi connectivity index (χ0v) is 12.7. The van der Waals surface area contributed by atoms with Gasteiger partial charge in [-0.05, 0) is 32.0 Å². The van der Waals surface area contributed by atoms with Crippen molar-refractivity contribution in [3.8, 4) is 0 Å². The minimum Gasteiger partial charge on any atom is -0.337 e. The standard InChI is InChI=1S/C13H28N3OP/c1-2-11(5-3-4-6-14)13(17)16-8-7-15-9-12(16)10-18/h11-12,15H,2-10,14,18H2,1H3/t11-,12+/m1/s1. The van der Waals surface area contributed by atoms with Gasteiger partial charge in [-0.1, -0.05) is 13.3 Å². The van der Waals surface area contributed by atoms with Gasteiger partial charge in [-0.2, -0.15) is 0 Å². The third-order valence-corrected chi connectivity index (χ3v) is 4.30. The first-order valence-corrected chi connectivity index (χ1v) is 7.97. The van der Waals surface area contributed by atoms with Crippen molar-refractivity contribution < 1.29 is 4.79 Å². The Kier molecular flexibility index (Phi) is 7.80. The second-order valence-corrected chi connectivity index (χ2v) is 5.49. The summed E-state index contributed by atoms with van der Waals surface area (Å²) in [4.78, 5) is 14.6. The van der Waals surface area contributed by atoms with Crippen LogP contribution in [0.1, 0.15) is 32.6 Å². The Balaban J connectivity index is 2.52. The van der Waals surface area contributed by atoms with E-state index in [9.17, 15) is 4.79 Å². The number of unbranched alkanes of at least 4 members (excludes halogenated alkanes) is 1. The minimum atomic E-state index is 0.189. The molecule has 3 atom stereocenters. The molecule has 0 bridgehead atoms. The van der Waals surface area contributed by atoms with Crippen molar-refractivity contribution in [2.75, 3.05) is 32.3 Å². The smallest absolute Gasteiger partial charge is 0.226 e. The molecule has 0 aliphatic carbocycles. The molecule has 4 nitrogen and oxygen atoms in total. The number of hydrogen-bond donors (Lipinski definition) is 2. The molecular weight excluding hydrogens is 245 g/mol. The van der Waals surface area contributed by atoms with E-state index in [1.807, 2.05) is 0 Å². The fraction of sp³-hybridized carbons (Fsp3) is 0.923. The number of carbonyl (C=O) groups is 1. The van der Waals surface area contributed by atoms with Gasteiger partial charge in [0.05, 0.1) is 0 Å². The van der Waals surface area contributed by atoms with E-state index in [0.29, 0.717) is 11.9 Å². The Labute approximate surface area is 113 Å². The molecule has 1 aliphatic heterocycles. The summed E-state index contributed by atoms with van der Waals surface area (Å²) in [5.74, 6) is 0.539. The van der Waals surface area contributed by atoms with Gasteiger partial charge < -0.3 is 16.0 Å². The second kappa shape index (κ2) is 8.84. The summed E-state index contributed by atoms with van der Waals surface area (Å²) >= 11 is 0. The van der Waals surface area contributed by atoms with Crippen molar-refractivity contribution in [3.63, 3.8) is 0 Å². The Morgan fingerprint density at radius 1 is 1.56 bits per heavy atom. The normalized spacial score (nSPS) is 21.9. The third kappa shape index (κ3) is 4.49. The van der Waals surface area contributed by atoms with Gasteiger partial charge in [0, 0.05) is 31.6 Å². The van der Waals surface area contributed by atoms with E-state index < -0.39 is 0 Å². The van der Waals surface area contributed by atoms with Crippen LogP contribution in [0, 0.1) is 5.92 Å². The predicted molar refractivity (Wildman–Crippen MR) is 79.6 cm³/mol. The van der Waals surface area contributed by atoms with Gasteiger partial charge in [0.2, 0.25) is 5.91 Å². The van der Waals surface area contributed by atoms with Gasteiger partial charge in [0.25, 0.3) is 0 Å². The topological polar surface area (TPSA) is 58.4 Å². The van der Waals surface area contributed by atoms with Crippen molar-refractivity contribution >= 4 is 15.1 Å². The molecule has 1 fully saturated rings. The molecule has 1 saturated heterocycles. The van der Waals surface area contributed by atoms with Crippen molar-refractivity contribution in [3.05, 3.63) is 0 Å². The van der Waals surface area contributed by atoms with Crippen LogP contribution in [0.5, 0.6) is 0 Å². The number of carbonyl (C=O) groups excluding carboxylic acids is 1. The number of hydrogen-bond acceptors (Lipinski definition) is 3. The van der Waals surface area contributed by atoms with Crippen molar-refractivity contribution in [1.82, 2.24) is 10.2 Å².